The first-order valence-electron chi connectivity index (χ1n) is 12.4. The summed E-state index contributed by atoms with van der Waals surface area (Å²) in [6, 6.07) is 10.1. The maximum Gasteiger partial charge on any atom is 0.223 e. The summed E-state index contributed by atoms with van der Waals surface area (Å²) in [6.45, 7) is 18.5. The molecular formula is C27H40N4O3Si. The largest absolute Gasteiger partial charge is 0.492 e. The average molecular weight is 497 g/mol. The van der Waals surface area contributed by atoms with Crippen LogP contribution in [-0.2, 0) is 22.4 Å². The van der Waals surface area contributed by atoms with Gasteiger partial charge in [-0.05, 0) is 61.3 Å². The van der Waals surface area contributed by atoms with E-state index in [2.05, 4.69) is 58.2 Å². The van der Waals surface area contributed by atoms with Gasteiger partial charge in [0.15, 0.2) is 8.32 Å². The van der Waals surface area contributed by atoms with Gasteiger partial charge in [-0.2, -0.15) is 0 Å². The van der Waals surface area contributed by atoms with E-state index >= 15 is 0 Å². The molecule has 7 nitrogen and oxygen atoms in total. The van der Waals surface area contributed by atoms with Gasteiger partial charge in [0, 0.05) is 12.6 Å². The van der Waals surface area contributed by atoms with Crippen molar-refractivity contribution in [1.29, 1.82) is 0 Å². The second-order valence-corrected chi connectivity index (χ2v) is 15.5. The molecule has 3 rings (SSSR count). The van der Waals surface area contributed by atoms with Crippen molar-refractivity contribution in [2.24, 2.45) is 0 Å². The number of nitrogens with zero attached hydrogens (tertiary/aromatic N) is 3. The molecular weight excluding hydrogens is 456 g/mol. The zero-order valence-electron chi connectivity index (χ0n) is 22.5. The summed E-state index contributed by atoms with van der Waals surface area (Å²) < 4.78 is 14.5. The summed E-state index contributed by atoms with van der Waals surface area (Å²) in [7, 11) is -1.88. The predicted octanol–water partition coefficient (Wildman–Crippen LogP) is 6.45. The molecule has 0 atom stereocenters. The van der Waals surface area contributed by atoms with Crippen LogP contribution in [0.2, 0.25) is 18.1 Å². The Balaban J connectivity index is 1.99. The van der Waals surface area contributed by atoms with Crippen LogP contribution in [0.5, 0.6) is 5.75 Å². The second kappa shape index (κ2) is 10.9. The summed E-state index contributed by atoms with van der Waals surface area (Å²) in [5, 5.41) is 3.03. The third-order valence-electron chi connectivity index (χ3n) is 6.64. The van der Waals surface area contributed by atoms with Crippen LogP contribution in [0.4, 0.5) is 5.95 Å². The number of rotatable bonds is 10. The van der Waals surface area contributed by atoms with E-state index in [1.54, 1.807) is 0 Å². The first-order valence-corrected chi connectivity index (χ1v) is 15.3. The van der Waals surface area contributed by atoms with Gasteiger partial charge < -0.3 is 13.7 Å². The molecule has 1 aromatic carbocycles. The number of fused-ring (bicyclic) bond motifs is 1. The van der Waals surface area contributed by atoms with Crippen LogP contribution < -0.4 is 10.1 Å². The Bertz CT molecular complexity index is 1180. The zero-order chi connectivity index (χ0) is 25.8. The number of hydrogen-bond acceptors (Lipinski definition) is 5. The van der Waals surface area contributed by atoms with E-state index in [9.17, 15) is 4.79 Å². The number of benzene rings is 1. The van der Waals surface area contributed by atoms with E-state index in [0.29, 0.717) is 25.7 Å². The van der Waals surface area contributed by atoms with E-state index in [0.717, 1.165) is 46.6 Å². The summed E-state index contributed by atoms with van der Waals surface area (Å²) in [4.78, 5) is 21.4. The molecule has 190 valence electrons. The number of ether oxygens (including phenoxy) is 1. The lowest BCUT2D eigenvalue weighted by Crippen LogP contribution is -2.40. The first kappa shape index (κ1) is 26.9. The molecule has 1 amide bonds. The Hall–Kier alpha value is -2.71. The van der Waals surface area contributed by atoms with Crippen LogP contribution in [0.15, 0.2) is 30.3 Å². The molecule has 0 unspecified atom stereocenters. The molecule has 3 aromatic rings. The van der Waals surface area contributed by atoms with Crippen molar-refractivity contribution >= 4 is 31.2 Å². The van der Waals surface area contributed by atoms with Crippen molar-refractivity contribution in [3.05, 3.63) is 47.3 Å². The molecule has 0 radical (unpaired) electrons. The number of pyridine rings is 1. The lowest BCUT2D eigenvalue weighted by atomic mass is 10.2. The molecule has 0 spiro atoms. The molecule has 0 aliphatic heterocycles. The third-order valence-corrected chi connectivity index (χ3v) is 11.1. The van der Waals surface area contributed by atoms with E-state index < -0.39 is 8.32 Å². The Morgan fingerprint density at radius 1 is 1.14 bits per heavy atom. The van der Waals surface area contributed by atoms with Crippen LogP contribution in [0.1, 0.15) is 64.4 Å². The van der Waals surface area contributed by atoms with Crippen molar-refractivity contribution in [3.63, 3.8) is 0 Å². The number of aryl methyl sites for hydroxylation is 1. The number of carbonyl (C=O) groups is 1. The van der Waals surface area contributed by atoms with E-state index in [4.69, 9.17) is 19.1 Å². The molecule has 8 heteroatoms. The minimum atomic E-state index is -1.88. The molecule has 0 fully saturated rings. The van der Waals surface area contributed by atoms with E-state index in [1.807, 2.05) is 29.7 Å². The molecule has 1 N–H and O–H groups in total. The summed E-state index contributed by atoms with van der Waals surface area (Å²) in [5.74, 6) is 1.09. The predicted molar refractivity (Wildman–Crippen MR) is 145 cm³/mol. The van der Waals surface area contributed by atoms with Crippen molar-refractivity contribution in [2.75, 3.05) is 11.9 Å². The van der Waals surface area contributed by atoms with Crippen LogP contribution in [0.25, 0.3) is 11.0 Å². The Labute approximate surface area is 210 Å². The molecule has 0 saturated heterocycles. The van der Waals surface area contributed by atoms with Crippen LogP contribution in [-0.4, -0.2) is 35.4 Å². The SMILES string of the molecule is CCCCOc1ccc(C)nc1Cn1c(NC(C)=O)nc2ccc(CO[Si](C)(C)C(C)(C)C)cc21. The topological polar surface area (TPSA) is 78.3 Å². The number of unbranched alkanes of at least 4 members (excludes halogenated alkanes) is 1. The standard InChI is InChI=1S/C27H40N4O3Si/c1-9-10-15-33-25-14-11-19(2)28-23(25)17-31-24-16-21(18-34-35(7,8)27(4,5)6)12-13-22(24)30-26(31)29-20(3)32/h11-14,16H,9-10,15,17-18H2,1-8H3,(H,29,30,32). The fourth-order valence-electron chi connectivity index (χ4n) is 3.47. The van der Waals surface area contributed by atoms with Gasteiger partial charge in [-0.1, -0.05) is 40.2 Å². The molecule has 2 heterocycles. The molecule has 0 saturated carbocycles. The smallest absolute Gasteiger partial charge is 0.223 e. The van der Waals surface area contributed by atoms with Gasteiger partial charge in [-0.25, -0.2) is 4.98 Å². The maximum atomic E-state index is 11.9. The highest BCUT2D eigenvalue weighted by molar-refractivity contribution is 6.74. The van der Waals surface area contributed by atoms with Gasteiger partial charge in [-0.3, -0.25) is 15.1 Å². The van der Waals surface area contributed by atoms with Gasteiger partial charge in [0.05, 0.1) is 30.8 Å². The summed E-state index contributed by atoms with van der Waals surface area (Å²) in [6.07, 6.45) is 2.04. The summed E-state index contributed by atoms with van der Waals surface area (Å²) in [5.41, 5.74) is 4.54. The van der Waals surface area contributed by atoms with Crippen molar-refractivity contribution < 1.29 is 14.0 Å². The van der Waals surface area contributed by atoms with E-state index in [1.165, 1.54) is 6.92 Å². The Morgan fingerprint density at radius 2 is 1.89 bits per heavy atom. The number of carbonyl (C=O) groups excluding carboxylic acids is 1. The molecule has 0 aliphatic carbocycles. The van der Waals surface area contributed by atoms with Gasteiger partial charge in [-0.15, -0.1) is 0 Å². The van der Waals surface area contributed by atoms with Gasteiger partial charge >= 0.3 is 0 Å². The number of amides is 1. The quantitative estimate of drug-likeness (QED) is 0.258. The highest BCUT2D eigenvalue weighted by Gasteiger charge is 2.37. The minimum Gasteiger partial charge on any atom is -0.492 e. The maximum absolute atomic E-state index is 11.9. The fraction of sp³-hybridized carbons (Fsp3) is 0.519. The fourth-order valence-corrected chi connectivity index (χ4v) is 4.43. The third kappa shape index (κ3) is 6.70. The number of nitrogens with one attached hydrogen (secondary N) is 1. The molecule has 0 aliphatic rings. The van der Waals surface area contributed by atoms with Crippen LogP contribution >= 0.6 is 0 Å². The number of anilines is 1. The number of aromatic nitrogens is 3. The van der Waals surface area contributed by atoms with Crippen LogP contribution in [0.3, 0.4) is 0 Å². The van der Waals surface area contributed by atoms with Gasteiger partial charge in [0.2, 0.25) is 11.9 Å². The Kier molecular flexibility index (Phi) is 8.38. The highest BCUT2D eigenvalue weighted by Crippen LogP contribution is 2.37. The molecule has 35 heavy (non-hydrogen) atoms. The van der Waals surface area contributed by atoms with Crippen molar-refractivity contribution in [3.8, 4) is 5.75 Å². The zero-order valence-corrected chi connectivity index (χ0v) is 23.5. The molecule has 2 aromatic heterocycles. The normalized spacial score (nSPS) is 12.2. The van der Waals surface area contributed by atoms with Crippen LogP contribution in [0, 0.1) is 6.92 Å². The Morgan fingerprint density at radius 3 is 2.54 bits per heavy atom. The van der Waals surface area contributed by atoms with E-state index in [-0.39, 0.29) is 10.9 Å². The summed E-state index contributed by atoms with van der Waals surface area (Å²) >= 11 is 0. The average Bonchev–Trinajstić information content (AvgIpc) is 3.09. The minimum absolute atomic E-state index is 0.141. The monoisotopic (exact) mass is 496 g/mol. The molecule has 0 bridgehead atoms. The van der Waals surface area contributed by atoms with Gasteiger partial charge in [0.25, 0.3) is 0 Å². The van der Waals surface area contributed by atoms with Crippen molar-refractivity contribution in [2.45, 2.75) is 85.7 Å². The van der Waals surface area contributed by atoms with Gasteiger partial charge in [0.1, 0.15) is 11.4 Å². The highest BCUT2D eigenvalue weighted by atomic mass is 28.4. The lowest BCUT2D eigenvalue weighted by Gasteiger charge is -2.36. The second-order valence-electron chi connectivity index (χ2n) is 10.7. The lowest BCUT2D eigenvalue weighted by molar-refractivity contribution is -0.114. The number of hydrogen-bond donors (Lipinski definition) is 1. The number of imidazole rings is 1. The van der Waals surface area contributed by atoms with Crippen molar-refractivity contribution in [1.82, 2.24) is 14.5 Å². The first-order chi connectivity index (χ1) is 16.4.